The van der Waals surface area contributed by atoms with E-state index in [-0.39, 0.29) is 24.8 Å². The molecule has 0 amide bonds. The molecule has 0 radical (unpaired) electrons. The van der Waals surface area contributed by atoms with Gasteiger partial charge in [0.15, 0.2) is 0 Å². The second-order valence-electron chi connectivity index (χ2n) is 7.24. The van der Waals surface area contributed by atoms with Crippen LogP contribution in [-0.2, 0) is 30.7 Å². The maximum Gasteiger partial charge on any atom is -0.0253 e. The Morgan fingerprint density at radius 2 is 1.46 bits per heavy atom. The first-order valence-electron chi connectivity index (χ1n) is 9.16. The van der Waals surface area contributed by atoms with Gasteiger partial charge in [-0.15, -0.1) is 17.5 Å². The minimum Gasteiger partial charge on any atom is -1.00 e. The standard InChI is InChI=1S/C17H17.C5H5.C3H6.2ClH.Zr/c1-10-5-14-9-15-6-11(2)13(4)8-17(15)16(14)7-12(10)3;1-2-4-5-3-1;1-3-2;;;/h5,7-8H,9H2,1-4H3;1-3H,4H2;1-2H3;2*1H;/q2*-1;;;;+2/p-2. The summed E-state index contributed by atoms with van der Waals surface area (Å²) in [5.74, 6) is 0. The molecule has 0 aromatic heterocycles. The fourth-order valence-corrected chi connectivity index (χ4v) is 2.99. The van der Waals surface area contributed by atoms with Crippen molar-refractivity contribution in [3.05, 3.63) is 82.0 Å². The molecule has 0 atom stereocenters. The summed E-state index contributed by atoms with van der Waals surface area (Å²) in [5.41, 5.74) is 11.0. The van der Waals surface area contributed by atoms with Crippen LogP contribution in [0.2, 0.25) is 0 Å². The number of hydrogen-bond acceptors (Lipinski definition) is 0. The van der Waals surface area contributed by atoms with Crippen LogP contribution in [-0.4, -0.2) is 3.21 Å². The van der Waals surface area contributed by atoms with Crippen LogP contribution in [0.4, 0.5) is 0 Å². The van der Waals surface area contributed by atoms with Crippen molar-refractivity contribution in [1.29, 1.82) is 0 Å². The molecule has 0 spiro atoms. The zero-order valence-corrected chi connectivity index (χ0v) is 21.6. The van der Waals surface area contributed by atoms with Crippen molar-refractivity contribution in [2.75, 3.05) is 0 Å². The van der Waals surface area contributed by atoms with Crippen LogP contribution >= 0.6 is 0 Å². The number of allylic oxidation sites excluding steroid dienone is 4. The Labute approximate surface area is 198 Å². The summed E-state index contributed by atoms with van der Waals surface area (Å²) in [6.45, 7) is 13.0. The van der Waals surface area contributed by atoms with Crippen LogP contribution in [0, 0.1) is 39.8 Å². The van der Waals surface area contributed by atoms with Gasteiger partial charge in [0.05, 0.1) is 0 Å². The quantitative estimate of drug-likeness (QED) is 0.399. The first-order valence-corrected chi connectivity index (χ1v) is 10.4. The van der Waals surface area contributed by atoms with Gasteiger partial charge in [0.1, 0.15) is 0 Å². The van der Waals surface area contributed by atoms with E-state index >= 15 is 0 Å². The molecule has 0 saturated carbocycles. The predicted octanol–water partition coefficient (Wildman–Crippen LogP) is 0.351. The summed E-state index contributed by atoms with van der Waals surface area (Å²) in [4.78, 5) is 0. The first kappa shape index (κ1) is 27.3. The van der Waals surface area contributed by atoms with E-state index in [1.165, 1.54) is 47.7 Å². The van der Waals surface area contributed by atoms with Crippen LogP contribution in [0.15, 0.2) is 36.4 Å². The van der Waals surface area contributed by atoms with Crippen molar-refractivity contribution in [2.24, 2.45) is 0 Å². The summed E-state index contributed by atoms with van der Waals surface area (Å²) in [6, 6.07) is 10.5. The summed E-state index contributed by atoms with van der Waals surface area (Å²) < 4.78 is 1.51. The molecule has 0 saturated heterocycles. The Kier molecular flexibility index (Phi) is 12.4. The van der Waals surface area contributed by atoms with Crippen molar-refractivity contribution in [3.8, 4) is 11.1 Å². The smallest absolute Gasteiger partial charge is 0.0253 e. The number of benzene rings is 2. The molecule has 2 aliphatic carbocycles. The van der Waals surface area contributed by atoms with Crippen LogP contribution in [0.25, 0.3) is 11.1 Å². The monoisotopic (exact) mass is 488 g/mol. The van der Waals surface area contributed by atoms with E-state index in [1.807, 2.05) is 12.2 Å². The van der Waals surface area contributed by atoms with Crippen LogP contribution < -0.4 is 24.8 Å². The zero-order valence-electron chi connectivity index (χ0n) is 17.6. The fourth-order valence-electron chi connectivity index (χ4n) is 2.99. The number of aryl methyl sites for hydroxylation is 4. The average Bonchev–Trinajstić information content (AvgIpc) is 3.21. The van der Waals surface area contributed by atoms with Crippen molar-refractivity contribution in [3.63, 3.8) is 0 Å². The Bertz CT molecular complexity index is 807. The molecule has 0 nitrogen and oxygen atoms in total. The average molecular weight is 491 g/mol. The van der Waals surface area contributed by atoms with Crippen LogP contribution in [0.5, 0.6) is 0 Å². The molecule has 0 unspecified atom stereocenters. The van der Waals surface area contributed by atoms with E-state index in [4.69, 9.17) is 0 Å². The van der Waals surface area contributed by atoms with Gasteiger partial charge in [0, 0.05) is 0 Å². The van der Waals surface area contributed by atoms with E-state index < -0.39 is 0 Å². The van der Waals surface area contributed by atoms with Crippen LogP contribution in [0.1, 0.15) is 53.6 Å². The predicted molar refractivity (Wildman–Crippen MR) is 110 cm³/mol. The van der Waals surface area contributed by atoms with Crippen molar-refractivity contribution in [1.82, 2.24) is 0 Å². The van der Waals surface area contributed by atoms with Gasteiger partial charge in [-0.3, -0.25) is 6.08 Å². The maximum absolute atomic E-state index is 3.54. The van der Waals surface area contributed by atoms with Crippen LogP contribution in [0.3, 0.4) is 0 Å². The fraction of sp³-hybridized carbons (Fsp3) is 0.320. The molecule has 4 rings (SSSR count). The SMILES string of the molecule is C[C](C)=[Zr+2].Cc1[c-]c2c(cc1C)-c1cc(C)c(C)cc1C2.[C-]1=CC=CC1.[Cl-].[Cl-]. The zero-order chi connectivity index (χ0) is 19.3. The molecule has 2 aromatic rings. The molecule has 0 N–H and O–H groups in total. The van der Waals surface area contributed by atoms with E-state index in [1.54, 1.807) is 24.2 Å². The number of fused-ring (bicyclic) bond motifs is 3. The van der Waals surface area contributed by atoms with Gasteiger partial charge >= 0.3 is 41.3 Å². The summed E-state index contributed by atoms with van der Waals surface area (Å²) >= 11 is 1.55. The molecule has 0 bridgehead atoms. The molecule has 0 heterocycles. The molecular weight excluding hydrogens is 462 g/mol. The third-order valence-electron chi connectivity index (χ3n) is 4.58. The Hall–Kier alpha value is -0.747. The van der Waals surface area contributed by atoms with Gasteiger partial charge in [-0.2, -0.15) is 29.3 Å². The molecule has 148 valence electrons. The topological polar surface area (TPSA) is 0 Å². The second kappa shape index (κ2) is 12.7. The molecule has 2 aromatic carbocycles. The Morgan fingerprint density at radius 1 is 0.893 bits per heavy atom. The molecule has 2 aliphatic rings. The van der Waals surface area contributed by atoms with Gasteiger partial charge in [-0.1, -0.05) is 31.5 Å². The minimum absolute atomic E-state index is 0. The molecular formula is C25H28Cl2Zr-2. The van der Waals surface area contributed by atoms with Gasteiger partial charge in [0.25, 0.3) is 0 Å². The third-order valence-corrected chi connectivity index (χ3v) is 4.58. The third kappa shape index (κ3) is 7.59. The minimum atomic E-state index is 0. The summed E-state index contributed by atoms with van der Waals surface area (Å²) in [5, 5.41) is 0. The van der Waals surface area contributed by atoms with Gasteiger partial charge < -0.3 is 24.8 Å². The van der Waals surface area contributed by atoms with E-state index in [2.05, 4.69) is 78.0 Å². The first-order chi connectivity index (χ1) is 12.3. The normalized spacial score (nSPS) is 11.7. The Morgan fingerprint density at radius 3 is 1.96 bits per heavy atom. The van der Waals surface area contributed by atoms with E-state index in [0.717, 1.165) is 12.8 Å². The molecule has 3 heteroatoms. The van der Waals surface area contributed by atoms with Gasteiger partial charge in [-0.05, 0) is 37.0 Å². The molecule has 0 fully saturated rings. The number of rotatable bonds is 0. The largest absolute Gasteiger partial charge is 1.00 e. The number of hydrogen-bond donors (Lipinski definition) is 0. The van der Waals surface area contributed by atoms with E-state index in [0.29, 0.717) is 0 Å². The molecule has 28 heavy (non-hydrogen) atoms. The van der Waals surface area contributed by atoms with Gasteiger partial charge in [-0.25, -0.2) is 12.2 Å². The van der Waals surface area contributed by atoms with Crippen molar-refractivity contribution < 1.29 is 49.0 Å². The molecule has 0 aliphatic heterocycles. The Balaban J connectivity index is 0.000000559. The number of halogens is 2. The van der Waals surface area contributed by atoms with Crippen molar-refractivity contribution in [2.45, 2.75) is 54.4 Å². The maximum atomic E-state index is 3.54. The van der Waals surface area contributed by atoms with E-state index in [9.17, 15) is 0 Å². The summed E-state index contributed by atoms with van der Waals surface area (Å²) in [7, 11) is 0. The van der Waals surface area contributed by atoms with Gasteiger partial charge in [0.2, 0.25) is 0 Å². The summed E-state index contributed by atoms with van der Waals surface area (Å²) in [6.07, 6.45) is 11.0. The van der Waals surface area contributed by atoms with Crippen molar-refractivity contribution >= 4 is 3.21 Å². The second-order valence-corrected chi connectivity index (χ2v) is 9.70.